The highest BCUT2D eigenvalue weighted by atomic mass is 79.9. The molecule has 106 valence electrons. The molecule has 0 radical (unpaired) electrons. The Morgan fingerprint density at radius 1 is 1.30 bits per heavy atom. The number of hydrogen-bond donors (Lipinski definition) is 1. The number of ether oxygens (including phenoxy) is 1. The number of halogens is 3. The normalized spacial score (nSPS) is 12.3. The molecule has 0 aromatic heterocycles. The monoisotopic (exact) mass is 358 g/mol. The summed E-state index contributed by atoms with van der Waals surface area (Å²) >= 11 is 9.06. The predicted octanol–water partition coefficient (Wildman–Crippen LogP) is 4.64. The van der Waals surface area contributed by atoms with E-state index in [0.717, 1.165) is 10.0 Å². The molecule has 1 atom stereocenters. The van der Waals surface area contributed by atoms with E-state index in [-0.39, 0.29) is 5.02 Å². The summed E-state index contributed by atoms with van der Waals surface area (Å²) in [6.07, 6.45) is -0.992. The molecule has 0 saturated heterocycles. The van der Waals surface area contributed by atoms with Crippen molar-refractivity contribution in [2.24, 2.45) is 0 Å². The van der Waals surface area contributed by atoms with E-state index in [1.54, 1.807) is 12.1 Å². The van der Waals surface area contributed by atoms with Gasteiger partial charge in [-0.15, -0.1) is 0 Å². The van der Waals surface area contributed by atoms with Crippen LogP contribution < -0.4 is 4.74 Å². The van der Waals surface area contributed by atoms with E-state index in [0.29, 0.717) is 16.9 Å². The van der Waals surface area contributed by atoms with Crippen molar-refractivity contribution in [1.82, 2.24) is 0 Å². The number of benzene rings is 2. The lowest BCUT2D eigenvalue weighted by atomic mass is 9.99. The maximum atomic E-state index is 13.5. The Kier molecular flexibility index (Phi) is 4.68. The zero-order valence-electron chi connectivity index (χ0n) is 11.0. The molecule has 5 heteroatoms. The molecule has 0 heterocycles. The van der Waals surface area contributed by atoms with E-state index in [2.05, 4.69) is 15.9 Å². The van der Waals surface area contributed by atoms with Gasteiger partial charge in [-0.3, -0.25) is 0 Å². The van der Waals surface area contributed by atoms with Crippen molar-refractivity contribution in [2.75, 3.05) is 7.11 Å². The molecule has 0 aliphatic rings. The standard InChI is InChI=1S/C15H13BrClFO2/c1-8-5-14(20-2)10(7-11(8)16)15(19)9-3-4-12(17)13(18)6-9/h3-7,15,19H,1-2H3. The minimum atomic E-state index is -0.992. The minimum absolute atomic E-state index is 0.0259. The van der Waals surface area contributed by atoms with Crippen molar-refractivity contribution in [3.63, 3.8) is 0 Å². The van der Waals surface area contributed by atoms with E-state index < -0.39 is 11.9 Å². The Labute approximate surface area is 130 Å². The SMILES string of the molecule is COc1cc(C)c(Br)cc1C(O)c1ccc(Cl)c(F)c1. The molecule has 0 amide bonds. The molecule has 0 spiro atoms. The van der Waals surface area contributed by atoms with Gasteiger partial charge in [0, 0.05) is 10.0 Å². The first-order chi connectivity index (χ1) is 9.43. The fourth-order valence-electron chi connectivity index (χ4n) is 1.92. The summed E-state index contributed by atoms with van der Waals surface area (Å²) in [5.74, 6) is -0.0121. The van der Waals surface area contributed by atoms with Gasteiger partial charge in [-0.2, -0.15) is 0 Å². The summed E-state index contributed by atoms with van der Waals surface area (Å²) in [6.45, 7) is 1.92. The second-order valence-corrected chi connectivity index (χ2v) is 5.68. The molecule has 0 aliphatic carbocycles. The van der Waals surface area contributed by atoms with Crippen molar-refractivity contribution < 1.29 is 14.2 Å². The smallest absolute Gasteiger partial charge is 0.142 e. The molecular weight excluding hydrogens is 347 g/mol. The lowest BCUT2D eigenvalue weighted by molar-refractivity contribution is 0.214. The highest BCUT2D eigenvalue weighted by Gasteiger charge is 2.18. The molecular formula is C15H13BrClFO2. The van der Waals surface area contributed by atoms with E-state index in [9.17, 15) is 9.50 Å². The van der Waals surface area contributed by atoms with Crippen LogP contribution in [0.5, 0.6) is 5.75 Å². The number of aliphatic hydroxyl groups excluding tert-OH is 1. The molecule has 0 saturated carbocycles. The maximum Gasteiger partial charge on any atom is 0.142 e. The Hall–Kier alpha value is -1.10. The van der Waals surface area contributed by atoms with Gasteiger partial charge in [0.15, 0.2) is 0 Å². The van der Waals surface area contributed by atoms with Crippen LogP contribution in [0, 0.1) is 12.7 Å². The van der Waals surface area contributed by atoms with Crippen molar-refractivity contribution >= 4 is 27.5 Å². The van der Waals surface area contributed by atoms with Crippen LogP contribution in [0.25, 0.3) is 0 Å². The average Bonchev–Trinajstić information content (AvgIpc) is 2.43. The third-order valence-electron chi connectivity index (χ3n) is 3.06. The van der Waals surface area contributed by atoms with Gasteiger partial charge in [0.05, 0.1) is 12.1 Å². The topological polar surface area (TPSA) is 29.5 Å². The van der Waals surface area contributed by atoms with Crippen LogP contribution in [-0.2, 0) is 0 Å². The van der Waals surface area contributed by atoms with E-state index in [1.807, 2.05) is 13.0 Å². The Morgan fingerprint density at radius 3 is 2.60 bits per heavy atom. The van der Waals surface area contributed by atoms with Gasteiger partial charge in [-0.1, -0.05) is 33.6 Å². The van der Waals surface area contributed by atoms with Gasteiger partial charge in [0.1, 0.15) is 17.7 Å². The third-order valence-corrected chi connectivity index (χ3v) is 4.23. The summed E-state index contributed by atoms with van der Waals surface area (Å²) in [5.41, 5.74) is 1.97. The number of aliphatic hydroxyl groups is 1. The van der Waals surface area contributed by atoms with Crippen LogP contribution in [-0.4, -0.2) is 12.2 Å². The van der Waals surface area contributed by atoms with Crippen molar-refractivity contribution in [1.29, 1.82) is 0 Å². The second kappa shape index (κ2) is 6.12. The van der Waals surface area contributed by atoms with E-state index in [1.165, 1.54) is 19.2 Å². The van der Waals surface area contributed by atoms with Crippen molar-refractivity contribution in [2.45, 2.75) is 13.0 Å². The lowest BCUT2D eigenvalue weighted by Crippen LogP contribution is -2.04. The Morgan fingerprint density at radius 2 is 2.00 bits per heavy atom. The molecule has 2 aromatic carbocycles. The molecule has 0 aliphatic heterocycles. The van der Waals surface area contributed by atoms with Gasteiger partial charge >= 0.3 is 0 Å². The summed E-state index contributed by atoms with van der Waals surface area (Å²) in [7, 11) is 1.53. The van der Waals surface area contributed by atoms with Gasteiger partial charge < -0.3 is 9.84 Å². The van der Waals surface area contributed by atoms with E-state index >= 15 is 0 Å². The van der Waals surface area contributed by atoms with Crippen LogP contribution in [0.15, 0.2) is 34.8 Å². The highest BCUT2D eigenvalue weighted by Crippen LogP contribution is 2.35. The number of rotatable bonds is 3. The Balaban J connectivity index is 2.49. The molecule has 2 rings (SSSR count). The Bertz CT molecular complexity index is 646. The lowest BCUT2D eigenvalue weighted by Gasteiger charge is -2.17. The zero-order valence-corrected chi connectivity index (χ0v) is 13.3. The van der Waals surface area contributed by atoms with Crippen LogP contribution in [0.2, 0.25) is 5.02 Å². The number of hydrogen-bond acceptors (Lipinski definition) is 2. The molecule has 1 N–H and O–H groups in total. The second-order valence-electron chi connectivity index (χ2n) is 4.42. The maximum absolute atomic E-state index is 13.5. The summed E-state index contributed by atoms with van der Waals surface area (Å²) < 4.78 is 19.6. The van der Waals surface area contributed by atoms with Gasteiger partial charge in [0.25, 0.3) is 0 Å². The largest absolute Gasteiger partial charge is 0.496 e. The predicted molar refractivity (Wildman–Crippen MR) is 80.9 cm³/mol. The van der Waals surface area contributed by atoms with Crippen LogP contribution in [0.3, 0.4) is 0 Å². The van der Waals surface area contributed by atoms with Gasteiger partial charge in [-0.25, -0.2) is 4.39 Å². The number of aryl methyl sites for hydroxylation is 1. The van der Waals surface area contributed by atoms with Gasteiger partial charge in [-0.05, 0) is 42.3 Å². The summed E-state index contributed by atoms with van der Waals surface area (Å²) in [4.78, 5) is 0. The first kappa shape index (κ1) is 15.3. The van der Waals surface area contributed by atoms with Crippen molar-refractivity contribution in [3.8, 4) is 5.75 Å². The zero-order chi connectivity index (χ0) is 14.9. The first-order valence-electron chi connectivity index (χ1n) is 5.91. The number of methoxy groups -OCH3 is 1. The molecule has 2 aromatic rings. The van der Waals surface area contributed by atoms with E-state index in [4.69, 9.17) is 16.3 Å². The minimum Gasteiger partial charge on any atom is -0.496 e. The van der Waals surface area contributed by atoms with Crippen LogP contribution >= 0.6 is 27.5 Å². The third kappa shape index (κ3) is 2.97. The van der Waals surface area contributed by atoms with Crippen molar-refractivity contribution in [3.05, 3.63) is 62.3 Å². The highest BCUT2D eigenvalue weighted by molar-refractivity contribution is 9.10. The fraction of sp³-hybridized carbons (Fsp3) is 0.200. The molecule has 0 bridgehead atoms. The first-order valence-corrected chi connectivity index (χ1v) is 7.08. The van der Waals surface area contributed by atoms with Gasteiger partial charge in [0.2, 0.25) is 0 Å². The summed E-state index contributed by atoms with van der Waals surface area (Å²) in [6, 6.07) is 7.81. The van der Waals surface area contributed by atoms with Crippen LogP contribution in [0.4, 0.5) is 4.39 Å². The molecule has 1 unspecified atom stereocenters. The quantitative estimate of drug-likeness (QED) is 0.865. The summed E-state index contributed by atoms with van der Waals surface area (Å²) in [5, 5.41) is 10.4. The fourth-order valence-corrected chi connectivity index (χ4v) is 2.40. The average molecular weight is 360 g/mol. The molecule has 2 nitrogen and oxygen atoms in total. The molecule has 20 heavy (non-hydrogen) atoms. The van der Waals surface area contributed by atoms with Crippen LogP contribution in [0.1, 0.15) is 22.8 Å². The molecule has 0 fully saturated rings.